The van der Waals surface area contributed by atoms with Gasteiger partial charge in [-0.15, -0.1) is 0 Å². The number of carbonyl (C=O) groups is 1. The topological polar surface area (TPSA) is 61.6 Å². The normalized spacial score (nSPS) is 17.7. The van der Waals surface area contributed by atoms with E-state index in [0.717, 1.165) is 31.7 Å². The van der Waals surface area contributed by atoms with E-state index < -0.39 is 0 Å². The minimum atomic E-state index is -0.241. The van der Waals surface area contributed by atoms with Crippen molar-refractivity contribution in [2.75, 3.05) is 19.6 Å². The molecule has 6 nitrogen and oxygen atoms in total. The van der Waals surface area contributed by atoms with Gasteiger partial charge in [0.05, 0.1) is 11.9 Å². The van der Waals surface area contributed by atoms with E-state index in [-0.39, 0.29) is 23.4 Å². The fourth-order valence-electron chi connectivity index (χ4n) is 3.91. The Bertz CT molecular complexity index is 1000. The monoisotopic (exact) mass is 424 g/mol. The van der Waals surface area contributed by atoms with Crippen LogP contribution in [0.4, 0.5) is 0 Å². The first-order valence-corrected chi connectivity index (χ1v) is 10.5. The van der Waals surface area contributed by atoms with E-state index in [1.54, 1.807) is 24.3 Å². The van der Waals surface area contributed by atoms with Crippen molar-refractivity contribution in [3.8, 4) is 11.4 Å². The smallest absolute Gasteiger partial charge is 0.278 e. The van der Waals surface area contributed by atoms with Crippen molar-refractivity contribution in [2.45, 2.75) is 25.9 Å². The van der Waals surface area contributed by atoms with Gasteiger partial charge in [-0.1, -0.05) is 41.9 Å². The Morgan fingerprint density at radius 1 is 1.13 bits per heavy atom. The van der Waals surface area contributed by atoms with Crippen molar-refractivity contribution in [2.24, 2.45) is 0 Å². The lowest BCUT2D eigenvalue weighted by atomic mass is 10.2. The second-order valence-corrected chi connectivity index (χ2v) is 8.14. The van der Waals surface area contributed by atoms with Gasteiger partial charge in [-0.25, -0.2) is 4.68 Å². The SMILES string of the molecule is CC1CN(Cc2ccccc2)CCCN1C(=O)c1nn(-c2ccc(Cl)cc2)cc1O. The van der Waals surface area contributed by atoms with Crippen LogP contribution in [-0.2, 0) is 6.54 Å². The van der Waals surface area contributed by atoms with Crippen LogP contribution in [-0.4, -0.2) is 56.3 Å². The molecule has 1 aliphatic heterocycles. The summed E-state index contributed by atoms with van der Waals surface area (Å²) in [6.07, 6.45) is 2.34. The van der Waals surface area contributed by atoms with Gasteiger partial charge in [0.2, 0.25) is 0 Å². The Labute approximate surface area is 181 Å². The first kappa shape index (κ1) is 20.4. The number of hydrogen-bond acceptors (Lipinski definition) is 4. The van der Waals surface area contributed by atoms with Crippen LogP contribution in [0.1, 0.15) is 29.4 Å². The first-order valence-electron chi connectivity index (χ1n) is 10.1. The van der Waals surface area contributed by atoms with Gasteiger partial charge < -0.3 is 10.0 Å². The number of hydrogen-bond donors (Lipinski definition) is 1. The Kier molecular flexibility index (Phi) is 6.06. The van der Waals surface area contributed by atoms with Gasteiger partial charge in [0.15, 0.2) is 11.4 Å². The molecule has 0 radical (unpaired) electrons. The molecule has 0 saturated carbocycles. The molecule has 0 spiro atoms. The van der Waals surface area contributed by atoms with Gasteiger partial charge in [-0.05, 0) is 43.2 Å². The number of rotatable bonds is 4. The van der Waals surface area contributed by atoms with Gasteiger partial charge in [-0.2, -0.15) is 5.10 Å². The molecule has 2 aromatic carbocycles. The van der Waals surface area contributed by atoms with E-state index in [0.29, 0.717) is 11.6 Å². The predicted octanol–water partition coefficient (Wildman–Crippen LogP) is 3.97. The summed E-state index contributed by atoms with van der Waals surface area (Å²) in [6, 6.07) is 17.5. The largest absolute Gasteiger partial charge is 0.504 e. The van der Waals surface area contributed by atoms with E-state index in [1.807, 2.05) is 23.1 Å². The van der Waals surface area contributed by atoms with Gasteiger partial charge >= 0.3 is 0 Å². The summed E-state index contributed by atoms with van der Waals surface area (Å²) in [4.78, 5) is 17.4. The van der Waals surface area contributed by atoms with Gasteiger partial charge in [-0.3, -0.25) is 9.69 Å². The molecule has 156 valence electrons. The van der Waals surface area contributed by atoms with Gasteiger partial charge in [0, 0.05) is 37.2 Å². The minimum absolute atomic E-state index is 0.0174. The lowest BCUT2D eigenvalue weighted by Crippen LogP contribution is -2.42. The molecule has 7 heteroatoms. The maximum Gasteiger partial charge on any atom is 0.278 e. The second kappa shape index (κ2) is 8.90. The minimum Gasteiger partial charge on any atom is -0.504 e. The Morgan fingerprint density at radius 2 is 1.87 bits per heavy atom. The van der Waals surface area contributed by atoms with Crippen LogP contribution in [0.2, 0.25) is 5.02 Å². The fraction of sp³-hybridized carbons (Fsp3) is 0.304. The lowest BCUT2D eigenvalue weighted by Gasteiger charge is -2.28. The highest BCUT2D eigenvalue weighted by Crippen LogP contribution is 2.23. The summed E-state index contributed by atoms with van der Waals surface area (Å²) < 4.78 is 1.50. The number of amides is 1. The molecule has 1 atom stereocenters. The maximum absolute atomic E-state index is 13.2. The Hall–Kier alpha value is -2.83. The zero-order chi connectivity index (χ0) is 21.1. The molecule has 1 aliphatic rings. The van der Waals surface area contributed by atoms with E-state index in [1.165, 1.54) is 16.4 Å². The van der Waals surface area contributed by atoms with Crippen molar-refractivity contribution < 1.29 is 9.90 Å². The van der Waals surface area contributed by atoms with Gasteiger partial charge in [0.1, 0.15) is 0 Å². The van der Waals surface area contributed by atoms with E-state index in [2.05, 4.69) is 29.1 Å². The van der Waals surface area contributed by atoms with Crippen LogP contribution in [0.3, 0.4) is 0 Å². The van der Waals surface area contributed by atoms with Crippen LogP contribution in [0.25, 0.3) is 5.69 Å². The number of halogens is 1. The van der Waals surface area contributed by atoms with Crippen molar-refractivity contribution >= 4 is 17.5 Å². The highest BCUT2D eigenvalue weighted by atomic mass is 35.5. The number of aromatic nitrogens is 2. The molecule has 1 unspecified atom stereocenters. The molecule has 1 saturated heterocycles. The third kappa shape index (κ3) is 4.50. The predicted molar refractivity (Wildman–Crippen MR) is 117 cm³/mol. The average Bonchev–Trinajstić information content (AvgIpc) is 3.03. The molecule has 1 amide bonds. The van der Waals surface area contributed by atoms with Crippen molar-refractivity contribution in [3.05, 3.63) is 77.1 Å². The summed E-state index contributed by atoms with van der Waals surface area (Å²) in [7, 11) is 0. The Balaban J connectivity index is 1.48. The van der Waals surface area contributed by atoms with Crippen LogP contribution in [0.5, 0.6) is 5.75 Å². The zero-order valence-electron chi connectivity index (χ0n) is 16.9. The van der Waals surface area contributed by atoms with Crippen molar-refractivity contribution in [1.29, 1.82) is 0 Å². The van der Waals surface area contributed by atoms with Crippen LogP contribution >= 0.6 is 11.6 Å². The first-order chi connectivity index (χ1) is 14.5. The standard InChI is InChI=1S/C23H25ClN4O2/c1-17-14-26(15-18-6-3-2-4-7-18)12-5-13-27(17)23(30)22-21(29)16-28(25-22)20-10-8-19(24)9-11-20/h2-4,6-11,16-17,29H,5,12-15H2,1H3. The van der Waals surface area contributed by atoms with E-state index in [9.17, 15) is 9.90 Å². The van der Waals surface area contributed by atoms with Crippen molar-refractivity contribution in [1.82, 2.24) is 19.6 Å². The number of aromatic hydroxyl groups is 1. The van der Waals surface area contributed by atoms with Crippen LogP contribution in [0.15, 0.2) is 60.8 Å². The summed E-state index contributed by atoms with van der Waals surface area (Å²) >= 11 is 5.94. The molecular weight excluding hydrogens is 400 g/mol. The van der Waals surface area contributed by atoms with Gasteiger partial charge in [0.25, 0.3) is 5.91 Å². The molecular formula is C23H25ClN4O2. The number of carbonyl (C=O) groups excluding carboxylic acids is 1. The molecule has 4 rings (SSSR count). The molecule has 1 N–H and O–H groups in total. The fourth-order valence-corrected chi connectivity index (χ4v) is 4.04. The molecule has 2 heterocycles. The quantitative estimate of drug-likeness (QED) is 0.688. The second-order valence-electron chi connectivity index (χ2n) is 7.71. The number of benzene rings is 2. The molecule has 0 bridgehead atoms. The third-order valence-corrected chi connectivity index (χ3v) is 5.68. The Morgan fingerprint density at radius 3 is 2.60 bits per heavy atom. The highest BCUT2D eigenvalue weighted by molar-refractivity contribution is 6.30. The summed E-state index contributed by atoms with van der Waals surface area (Å²) in [5, 5.41) is 15.4. The van der Waals surface area contributed by atoms with Crippen LogP contribution < -0.4 is 0 Å². The summed E-state index contributed by atoms with van der Waals surface area (Å²) in [5.41, 5.74) is 2.07. The summed E-state index contributed by atoms with van der Waals surface area (Å²) in [5.74, 6) is -0.359. The summed E-state index contributed by atoms with van der Waals surface area (Å²) in [6.45, 7) is 5.25. The molecule has 3 aromatic rings. The molecule has 1 aromatic heterocycles. The number of nitrogens with zero attached hydrogens (tertiary/aromatic N) is 4. The van der Waals surface area contributed by atoms with E-state index in [4.69, 9.17) is 11.6 Å². The maximum atomic E-state index is 13.2. The zero-order valence-corrected chi connectivity index (χ0v) is 17.7. The third-order valence-electron chi connectivity index (χ3n) is 5.43. The molecule has 1 fully saturated rings. The average molecular weight is 425 g/mol. The molecule has 30 heavy (non-hydrogen) atoms. The van der Waals surface area contributed by atoms with Crippen LogP contribution in [0, 0.1) is 0 Å². The van der Waals surface area contributed by atoms with Crippen molar-refractivity contribution in [3.63, 3.8) is 0 Å². The van der Waals surface area contributed by atoms with E-state index >= 15 is 0 Å². The lowest BCUT2D eigenvalue weighted by molar-refractivity contribution is 0.0682. The molecule has 0 aliphatic carbocycles. The highest BCUT2D eigenvalue weighted by Gasteiger charge is 2.29.